The van der Waals surface area contributed by atoms with Crippen LogP contribution in [0, 0.1) is 5.92 Å². The SMILES string of the molecule is CCCC(=O)OCOC(=O)C1CC(C)(C)N([O])C(C)(C)C1. The lowest BCUT2D eigenvalue weighted by Gasteiger charge is -2.49. The number of rotatable bonds is 5. The van der Waals surface area contributed by atoms with Crippen LogP contribution in [0.3, 0.4) is 0 Å². The Balaban J connectivity index is 2.53. The average Bonchev–Trinajstić information content (AvgIpc) is 2.35. The molecule has 0 spiro atoms. The first-order chi connectivity index (χ1) is 9.60. The molecule has 1 fully saturated rings. The van der Waals surface area contributed by atoms with Gasteiger partial charge in [-0.2, -0.15) is 0 Å². The van der Waals surface area contributed by atoms with E-state index in [9.17, 15) is 14.8 Å². The van der Waals surface area contributed by atoms with E-state index in [2.05, 4.69) is 0 Å². The van der Waals surface area contributed by atoms with E-state index >= 15 is 0 Å². The summed E-state index contributed by atoms with van der Waals surface area (Å²) in [5.41, 5.74) is -1.24. The van der Waals surface area contributed by atoms with Crippen molar-refractivity contribution in [2.24, 2.45) is 5.92 Å². The lowest BCUT2D eigenvalue weighted by molar-refractivity contribution is -0.294. The number of hydroxylamine groups is 2. The second-order valence-electron chi connectivity index (χ2n) is 6.87. The van der Waals surface area contributed by atoms with E-state index in [1.54, 1.807) is 0 Å². The minimum absolute atomic E-state index is 0.312. The summed E-state index contributed by atoms with van der Waals surface area (Å²) in [4.78, 5) is 23.3. The Bertz CT molecular complexity index is 374. The fraction of sp³-hybridized carbons (Fsp3) is 0.867. The summed E-state index contributed by atoms with van der Waals surface area (Å²) in [6, 6.07) is 0. The first kappa shape index (κ1) is 17.9. The average molecular weight is 300 g/mol. The summed E-state index contributed by atoms with van der Waals surface area (Å²) in [6.45, 7) is 8.81. The van der Waals surface area contributed by atoms with Crippen LogP contribution >= 0.6 is 0 Å². The highest BCUT2D eigenvalue weighted by Gasteiger charge is 2.48. The van der Waals surface area contributed by atoms with Crippen LogP contribution in [-0.4, -0.2) is 34.9 Å². The monoisotopic (exact) mass is 300 g/mol. The molecule has 0 atom stereocenters. The van der Waals surface area contributed by atoms with Gasteiger partial charge in [-0.1, -0.05) is 6.92 Å². The number of piperidine rings is 1. The van der Waals surface area contributed by atoms with E-state index in [1.807, 2.05) is 34.6 Å². The fourth-order valence-electron chi connectivity index (χ4n) is 2.98. The third-order valence-corrected chi connectivity index (χ3v) is 3.80. The van der Waals surface area contributed by atoms with Crippen LogP contribution < -0.4 is 0 Å². The molecule has 0 unspecified atom stereocenters. The molecule has 21 heavy (non-hydrogen) atoms. The smallest absolute Gasteiger partial charge is 0.311 e. The van der Waals surface area contributed by atoms with Crippen molar-refractivity contribution >= 4 is 11.9 Å². The molecule has 0 amide bonds. The zero-order valence-electron chi connectivity index (χ0n) is 13.6. The molecule has 6 nitrogen and oxygen atoms in total. The predicted octanol–water partition coefficient (Wildman–Crippen LogP) is 2.45. The standard InChI is InChI=1S/C15H26NO5/c1-6-7-12(17)20-10-21-13(18)11-8-14(2,3)16(19)15(4,5)9-11/h11H,6-10H2,1-5H3. The Morgan fingerprint density at radius 1 is 1.10 bits per heavy atom. The number of nitrogens with zero attached hydrogens (tertiary/aromatic N) is 1. The summed E-state index contributed by atoms with van der Waals surface area (Å²) in [6.07, 6.45) is 1.87. The molecule has 0 saturated carbocycles. The molecule has 121 valence electrons. The minimum atomic E-state index is -0.621. The summed E-state index contributed by atoms with van der Waals surface area (Å²) in [5.74, 6) is -1.14. The van der Waals surface area contributed by atoms with Crippen LogP contribution in [0.4, 0.5) is 0 Å². The number of carbonyl (C=O) groups is 2. The Morgan fingerprint density at radius 3 is 2.10 bits per heavy atom. The maximum absolute atomic E-state index is 12.2. The van der Waals surface area contributed by atoms with Crippen LogP contribution in [0.5, 0.6) is 0 Å². The molecular weight excluding hydrogens is 274 g/mol. The summed E-state index contributed by atoms with van der Waals surface area (Å²) in [5, 5.41) is 13.3. The first-order valence-corrected chi connectivity index (χ1v) is 7.40. The van der Waals surface area contributed by atoms with Crippen LogP contribution in [0.25, 0.3) is 0 Å². The Morgan fingerprint density at radius 2 is 1.62 bits per heavy atom. The maximum atomic E-state index is 12.2. The molecule has 0 aromatic rings. The quantitative estimate of drug-likeness (QED) is 0.576. The highest BCUT2D eigenvalue weighted by Crippen LogP contribution is 2.40. The van der Waals surface area contributed by atoms with Crippen molar-refractivity contribution in [3.8, 4) is 0 Å². The van der Waals surface area contributed by atoms with Crippen molar-refractivity contribution < 1.29 is 24.3 Å². The molecule has 1 heterocycles. The third-order valence-electron chi connectivity index (χ3n) is 3.80. The Kier molecular flexibility index (Phi) is 5.75. The molecule has 0 N–H and O–H groups in total. The summed E-state index contributed by atoms with van der Waals surface area (Å²) >= 11 is 0. The van der Waals surface area contributed by atoms with Crippen LogP contribution in [0.15, 0.2) is 0 Å². The second kappa shape index (κ2) is 6.75. The zero-order chi connectivity index (χ0) is 16.3. The van der Waals surface area contributed by atoms with Crippen molar-refractivity contribution in [1.82, 2.24) is 5.06 Å². The van der Waals surface area contributed by atoms with Crippen LogP contribution in [0.1, 0.15) is 60.3 Å². The van der Waals surface area contributed by atoms with Gasteiger partial charge in [0.15, 0.2) is 0 Å². The Hall–Kier alpha value is -1.14. The molecule has 1 aliphatic heterocycles. The first-order valence-electron chi connectivity index (χ1n) is 7.40. The molecule has 0 aromatic heterocycles. The molecule has 0 bridgehead atoms. The van der Waals surface area contributed by atoms with Gasteiger partial charge >= 0.3 is 11.9 Å². The molecule has 1 saturated heterocycles. The second-order valence-corrected chi connectivity index (χ2v) is 6.87. The van der Waals surface area contributed by atoms with Crippen LogP contribution in [-0.2, 0) is 24.3 Å². The third kappa shape index (κ3) is 4.68. The lowest BCUT2D eigenvalue weighted by Crippen LogP contribution is -2.59. The van der Waals surface area contributed by atoms with E-state index in [0.29, 0.717) is 25.7 Å². The highest BCUT2D eigenvalue weighted by molar-refractivity contribution is 5.73. The fourth-order valence-corrected chi connectivity index (χ4v) is 2.98. The van der Waals surface area contributed by atoms with Crippen molar-refractivity contribution in [1.29, 1.82) is 0 Å². The number of hydrogen-bond acceptors (Lipinski definition) is 5. The van der Waals surface area contributed by atoms with Gasteiger partial charge in [-0.15, -0.1) is 10.3 Å². The van der Waals surface area contributed by atoms with Gasteiger partial charge in [-0.05, 0) is 47.0 Å². The van der Waals surface area contributed by atoms with E-state index in [1.165, 1.54) is 0 Å². The van der Waals surface area contributed by atoms with Gasteiger partial charge in [0, 0.05) is 17.5 Å². The van der Waals surface area contributed by atoms with Crippen molar-refractivity contribution in [2.45, 2.75) is 71.4 Å². The molecule has 6 heteroatoms. The summed E-state index contributed by atoms with van der Waals surface area (Å²) in [7, 11) is 0. The van der Waals surface area contributed by atoms with E-state index in [4.69, 9.17) is 9.47 Å². The van der Waals surface area contributed by atoms with Gasteiger partial charge in [0.2, 0.25) is 6.79 Å². The van der Waals surface area contributed by atoms with Gasteiger partial charge in [0.1, 0.15) is 0 Å². The summed E-state index contributed by atoms with van der Waals surface area (Å²) < 4.78 is 9.83. The highest BCUT2D eigenvalue weighted by atomic mass is 16.7. The van der Waals surface area contributed by atoms with Crippen molar-refractivity contribution in [3.63, 3.8) is 0 Å². The molecular formula is C15H26NO5. The van der Waals surface area contributed by atoms with Gasteiger partial charge in [-0.25, -0.2) is 0 Å². The van der Waals surface area contributed by atoms with Gasteiger partial charge in [0.05, 0.1) is 5.92 Å². The lowest BCUT2D eigenvalue weighted by atomic mass is 9.75. The molecule has 0 aliphatic carbocycles. The van der Waals surface area contributed by atoms with Gasteiger partial charge < -0.3 is 9.47 Å². The number of ether oxygens (including phenoxy) is 2. The normalized spacial score (nSPS) is 21.8. The van der Waals surface area contributed by atoms with E-state index in [-0.39, 0.29) is 18.7 Å². The van der Waals surface area contributed by atoms with Gasteiger partial charge in [0.25, 0.3) is 0 Å². The van der Waals surface area contributed by atoms with E-state index in [0.717, 1.165) is 5.06 Å². The van der Waals surface area contributed by atoms with Crippen molar-refractivity contribution in [2.75, 3.05) is 6.79 Å². The van der Waals surface area contributed by atoms with E-state index < -0.39 is 17.0 Å². The number of esters is 2. The van der Waals surface area contributed by atoms with Crippen molar-refractivity contribution in [3.05, 3.63) is 0 Å². The van der Waals surface area contributed by atoms with Crippen LogP contribution in [0.2, 0.25) is 0 Å². The topological polar surface area (TPSA) is 75.7 Å². The number of carbonyl (C=O) groups excluding carboxylic acids is 2. The maximum Gasteiger partial charge on any atom is 0.311 e. The zero-order valence-corrected chi connectivity index (χ0v) is 13.6. The minimum Gasteiger partial charge on any atom is -0.428 e. The molecule has 1 radical (unpaired) electrons. The predicted molar refractivity (Wildman–Crippen MR) is 75.4 cm³/mol. The molecule has 1 aliphatic rings. The largest absolute Gasteiger partial charge is 0.428 e. The molecule has 0 aromatic carbocycles. The van der Waals surface area contributed by atoms with Gasteiger partial charge in [-0.3, -0.25) is 9.59 Å². The number of hydrogen-bond donors (Lipinski definition) is 0. The molecule has 1 rings (SSSR count). The Labute approximate surface area is 126 Å².